The molecule has 3 aromatic rings. The van der Waals surface area contributed by atoms with Crippen LogP contribution < -0.4 is 0 Å². The van der Waals surface area contributed by atoms with Crippen molar-refractivity contribution in [2.24, 2.45) is 0 Å². The molecule has 3 rings (SSSR count). The van der Waals surface area contributed by atoms with Crippen LogP contribution in [-0.2, 0) is 0 Å². The average molecular weight is 234 g/mol. The number of hydrogen-bond donors (Lipinski definition) is 0. The highest BCUT2D eigenvalue weighted by atomic mass is 16.3. The van der Waals surface area contributed by atoms with E-state index in [4.69, 9.17) is 4.42 Å². The van der Waals surface area contributed by atoms with E-state index in [1.165, 1.54) is 0 Å². The quantitative estimate of drug-likeness (QED) is 0.557. The first-order valence-corrected chi connectivity index (χ1v) is 6.03. The van der Waals surface area contributed by atoms with Gasteiger partial charge in [-0.2, -0.15) is 0 Å². The van der Waals surface area contributed by atoms with Gasteiger partial charge in [-0.05, 0) is 18.6 Å². The van der Waals surface area contributed by atoms with Gasteiger partial charge >= 0.3 is 0 Å². The van der Waals surface area contributed by atoms with Crippen LogP contribution in [0.25, 0.3) is 27.5 Å². The summed E-state index contributed by atoms with van der Waals surface area (Å²) in [6.07, 6.45) is 3.99. The SMILES string of the molecule is C=C(C=CC)c1cccc2c1oc1ccccc12. The molecule has 0 bridgehead atoms. The molecule has 1 aromatic heterocycles. The third-order valence-corrected chi connectivity index (χ3v) is 3.12. The Morgan fingerprint density at radius 2 is 1.83 bits per heavy atom. The van der Waals surface area contributed by atoms with Crippen LogP contribution in [-0.4, -0.2) is 0 Å². The van der Waals surface area contributed by atoms with Crippen molar-refractivity contribution in [3.05, 3.63) is 66.8 Å². The van der Waals surface area contributed by atoms with E-state index in [0.717, 1.165) is 33.1 Å². The zero-order valence-corrected chi connectivity index (χ0v) is 10.3. The summed E-state index contributed by atoms with van der Waals surface area (Å²) in [7, 11) is 0. The van der Waals surface area contributed by atoms with Crippen molar-refractivity contribution in [2.75, 3.05) is 0 Å². The van der Waals surface area contributed by atoms with Crippen molar-refractivity contribution in [1.82, 2.24) is 0 Å². The zero-order valence-electron chi connectivity index (χ0n) is 10.3. The fourth-order valence-corrected chi connectivity index (χ4v) is 2.29. The van der Waals surface area contributed by atoms with Crippen LogP contribution in [0.1, 0.15) is 12.5 Å². The van der Waals surface area contributed by atoms with Crippen LogP contribution >= 0.6 is 0 Å². The molecule has 0 saturated carbocycles. The van der Waals surface area contributed by atoms with Gasteiger partial charge in [-0.1, -0.05) is 55.1 Å². The summed E-state index contributed by atoms with van der Waals surface area (Å²) >= 11 is 0. The lowest BCUT2D eigenvalue weighted by atomic mass is 10.0. The Hall–Kier alpha value is -2.28. The van der Waals surface area contributed by atoms with Gasteiger partial charge < -0.3 is 4.42 Å². The Bertz CT molecular complexity index is 759. The molecular formula is C17H14O. The molecule has 0 aliphatic rings. The highest BCUT2D eigenvalue weighted by Gasteiger charge is 2.10. The lowest BCUT2D eigenvalue weighted by Crippen LogP contribution is -1.79. The number of allylic oxidation sites excluding steroid dienone is 3. The molecule has 0 unspecified atom stereocenters. The van der Waals surface area contributed by atoms with Crippen LogP contribution in [0, 0.1) is 0 Å². The predicted octanol–water partition coefficient (Wildman–Crippen LogP) is 5.18. The van der Waals surface area contributed by atoms with Gasteiger partial charge in [0.15, 0.2) is 0 Å². The minimum Gasteiger partial charge on any atom is -0.455 e. The fraction of sp³-hybridized carbons (Fsp3) is 0.0588. The molecule has 1 heteroatoms. The van der Waals surface area contributed by atoms with E-state index in [1.54, 1.807) is 0 Å². The molecule has 18 heavy (non-hydrogen) atoms. The second-order valence-electron chi connectivity index (χ2n) is 4.31. The Kier molecular flexibility index (Phi) is 2.52. The molecule has 0 amide bonds. The van der Waals surface area contributed by atoms with E-state index >= 15 is 0 Å². The highest BCUT2D eigenvalue weighted by molar-refractivity contribution is 6.08. The number of furan rings is 1. The van der Waals surface area contributed by atoms with Gasteiger partial charge in [-0.3, -0.25) is 0 Å². The summed E-state index contributed by atoms with van der Waals surface area (Å²) in [6.45, 7) is 6.08. The zero-order chi connectivity index (χ0) is 12.5. The summed E-state index contributed by atoms with van der Waals surface area (Å²) in [6, 6.07) is 14.3. The first kappa shape index (κ1) is 10.8. The molecule has 2 aromatic carbocycles. The summed E-state index contributed by atoms with van der Waals surface area (Å²) < 4.78 is 5.96. The number of hydrogen-bond acceptors (Lipinski definition) is 1. The first-order valence-electron chi connectivity index (χ1n) is 6.03. The average Bonchev–Trinajstić information content (AvgIpc) is 2.77. The summed E-state index contributed by atoms with van der Waals surface area (Å²) in [4.78, 5) is 0. The Labute approximate surface area is 106 Å². The maximum Gasteiger partial charge on any atom is 0.143 e. The highest BCUT2D eigenvalue weighted by Crippen LogP contribution is 2.33. The first-order chi connectivity index (χ1) is 8.81. The molecular weight excluding hydrogens is 220 g/mol. The summed E-state index contributed by atoms with van der Waals surface area (Å²) in [5, 5.41) is 2.30. The molecule has 1 nitrogen and oxygen atoms in total. The standard InChI is InChI=1S/C17H14O/c1-3-7-12(2)13-9-6-10-15-14-8-4-5-11-16(14)18-17(13)15/h3-11H,2H2,1H3. The fourth-order valence-electron chi connectivity index (χ4n) is 2.29. The van der Waals surface area contributed by atoms with Crippen molar-refractivity contribution in [1.29, 1.82) is 0 Å². The van der Waals surface area contributed by atoms with E-state index in [9.17, 15) is 0 Å². The van der Waals surface area contributed by atoms with Gasteiger partial charge in [0, 0.05) is 16.3 Å². The van der Waals surface area contributed by atoms with Gasteiger partial charge in [0.1, 0.15) is 11.2 Å². The number of benzene rings is 2. The number of fused-ring (bicyclic) bond motifs is 3. The van der Waals surface area contributed by atoms with Crippen LogP contribution in [0.5, 0.6) is 0 Å². The van der Waals surface area contributed by atoms with E-state index in [1.807, 2.05) is 49.4 Å². The molecule has 0 radical (unpaired) electrons. The van der Waals surface area contributed by atoms with E-state index in [-0.39, 0.29) is 0 Å². The smallest absolute Gasteiger partial charge is 0.143 e. The van der Waals surface area contributed by atoms with Gasteiger partial charge in [0.25, 0.3) is 0 Å². The maximum absolute atomic E-state index is 5.96. The van der Waals surface area contributed by atoms with Crippen LogP contribution in [0.4, 0.5) is 0 Å². The van der Waals surface area contributed by atoms with E-state index in [2.05, 4.69) is 18.7 Å². The molecule has 0 saturated heterocycles. The maximum atomic E-state index is 5.96. The minimum atomic E-state index is 0.918. The second kappa shape index (κ2) is 4.19. The van der Waals surface area contributed by atoms with E-state index in [0.29, 0.717) is 0 Å². The predicted molar refractivity (Wildman–Crippen MR) is 77.6 cm³/mol. The Balaban J connectivity index is 2.37. The summed E-state index contributed by atoms with van der Waals surface area (Å²) in [5.41, 5.74) is 3.87. The van der Waals surface area contributed by atoms with Gasteiger partial charge in [0.05, 0.1) is 0 Å². The topological polar surface area (TPSA) is 13.1 Å². The molecule has 1 heterocycles. The number of para-hydroxylation sites is 2. The van der Waals surface area contributed by atoms with Gasteiger partial charge in [-0.15, -0.1) is 0 Å². The summed E-state index contributed by atoms with van der Waals surface area (Å²) in [5.74, 6) is 0. The second-order valence-corrected chi connectivity index (χ2v) is 4.31. The van der Waals surface area contributed by atoms with Crippen molar-refractivity contribution in [3.8, 4) is 0 Å². The monoisotopic (exact) mass is 234 g/mol. The molecule has 0 aliphatic carbocycles. The van der Waals surface area contributed by atoms with Crippen molar-refractivity contribution >= 4 is 27.5 Å². The lowest BCUT2D eigenvalue weighted by molar-refractivity contribution is 0.668. The Morgan fingerprint density at radius 1 is 1.06 bits per heavy atom. The van der Waals surface area contributed by atoms with Crippen molar-refractivity contribution in [3.63, 3.8) is 0 Å². The van der Waals surface area contributed by atoms with Crippen molar-refractivity contribution < 1.29 is 4.42 Å². The number of rotatable bonds is 2. The van der Waals surface area contributed by atoms with Crippen LogP contribution in [0.15, 0.2) is 65.6 Å². The molecule has 0 aliphatic heterocycles. The molecule has 0 N–H and O–H groups in total. The molecule has 88 valence electrons. The lowest BCUT2D eigenvalue weighted by Gasteiger charge is -2.00. The third-order valence-electron chi connectivity index (χ3n) is 3.12. The van der Waals surface area contributed by atoms with Crippen LogP contribution in [0.2, 0.25) is 0 Å². The van der Waals surface area contributed by atoms with Crippen molar-refractivity contribution in [2.45, 2.75) is 6.92 Å². The molecule has 0 spiro atoms. The van der Waals surface area contributed by atoms with E-state index < -0.39 is 0 Å². The molecule has 0 fully saturated rings. The minimum absolute atomic E-state index is 0.918. The largest absolute Gasteiger partial charge is 0.455 e. The van der Waals surface area contributed by atoms with Gasteiger partial charge in [0.2, 0.25) is 0 Å². The molecule has 0 atom stereocenters. The Morgan fingerprint density at radius 3 is 2.67 bits per heavy atom. The third kappa shape index (κ3) is 1.56. The normalized spacial score (nSPS) is 11.6. The van der Waals surface area contributed by atoms with Crippen LogP contribution in [0.3, 0.4) is 0 Å². The van der Waals surface area contributed by atoms with Gasteiger partial charge in [-0.25, -0.2) is 0 Å².